The normalized spacial score (nSPS) is 13.9. The van der Waals surface area contributed by atoms with Gasteiger partial charge < -0.3 is 13.9 Å². The molecule has 0 spiro atoms. The van der Waals surface area contributed by atoms with E-state index in [4.69, 9.17) is 13.9 Å². The molecule has 2 aromatic carbocycles. The first kappa shape index (κ1) is 23.0. The van der Waals surface area contributed by atoms with Crippen molar-refractivity contribution in [3.8, 4) is 17.2 Å². The average molecular weight is 453 g/mol. The number of nitrogens with zero attached hydrogens (tertiary/aromatic N) is 2. The van der Waals surface area contributed by atoms with Crippen molar-refractivity contribution in [1.29, 1.82) is 0 Å². The Morgan fingerprint density at radius 1 is 1.12 bits per heavy atom. The summed E-state index contributed by atoms with van der Waals surface area (Å²) < 4.78 is 29.4. The minimum absolute atomic E-state index is 0.0810. The topological polar surface area (TPSA) is 64.8 Å². The van der Waals surface area contributed by atoms with Crippen LogP contribution < -0.4 is 4.74 Å². The molecule has 4 rings (SSSR count). The van der Waals surface area contributed by atoms with Crippen LogP contribution in [0.15, 0.2) is 46.9 Å². The lowest BCUT2D eigenvalue weighted by Gasteiger charge is -2.18. The molecule has 6 nitrogen and oxygen atoms in total. The average Bonchev–Trinajstić information content (AvgIpc) is 3.07. The molecule has 3 aromatic rings. The third kappa shape index (κ3) is 5.79. The molecule has 0 saturated carbocycles. The van der Waals surface area contributed by atoms with E-state index in [9.17, 15) is 9.18 Å². The maximum Gasteiger partial charge on any atom is 0.344 e. The number of alkyl halides is 1. The number of carbonyl (C=O) groups is 1. The van der Waals surface area contributed by atoms with Gasteiger partial charge in [-0.15, -0.1) is 0 Å². The van der Waals surface area contributed by atoms with Crippen LogP contribution in [0.1, 0.15) is 35.1 Å². The minimum atomic E-state index is -0.480. The summed E-state index contributed by atoms with van der Waals surface area (Å²) in [6, 6.07) is 13.2. The fourth-order valence-electron chi connectivity index (χ4n) is 3.98. The van der Waals surface area contributed by atoms with Gasteiger partial charge in [0.15, 0.2) is 6.61 Å². The van der Waals surface area contributed by atoms with E-state index in [2.05, 4.69) is 16.0 Å². The molecular weight excluding hydrogens is 423 g/mol. The molecular formula is C26H29FN2O4. The molecule has 0 atom stereocenters. The lowest BCUT2D eigenvalue weighted by molar-refractivity contribution is -0.145. The van der Waals surface area contributed by atoms with E-state index in [-0.39, 0.29) is 12.6 Å². The Bertz CT molecular complexity index is 1090. The molecule has 0 unspecified atom stereocenters. The van der Waals surface area contributed by atoms with E-state index in [1.54, 1.807) is 19.1 Å². The van der Waals surface area contributed by atoms with Crippen molar-refractivity contribution in [2.45, 2.75) is 39.9 Å². The van der Waals surface area contributed by atoms with Gasteiger partial charge in [-0.25, -0.2) is 14.2 Å². The zero-order valence-electron chi connectivity index (χ0n) is 19.1. The number of aromatic nitrogens is 1. The molecule has 174 valence electrons. The number of ether oxygens (including phenoxy) is 2. The van der Waals surface area contributed by atoms with E-state index in [0.29, 0.717) is 30.4 Å². The molecule has 33 heavy (non-hydrogen) atoms. The summed E-state index contributed by atoms with van der Waals surface area (Å²) in [6.45, 7) is 6.00. The molecule has 1 aromatic heterocycles. The Morgan fingerprint density at radius 2 is 1.88 bits per heavy atom. The van der Waals surface area contributed by atoms with Crippen LogP contribution in [0.3, 0.4) is 0 Å². The van der Waals surface area contributed by atoms with E-state index in [1.807, 2.05) is 31.2 Å². The highest BCUT2D eigenvalue weighted by molar-refractivity contribution is 5.71. The van der Waals surface area contributed by atoms with E-state index >= 15 is 0 Å². The van der Waals surface area contributed by atoms with Gasteiger partial charge in [0.2, 0.25) is 5.89 Å². The minimum Gasteiger partial charge on any atom is -0.482 e. The number of fused-ring (bicyclic) bond motifs is 1. The largest absolute Gasteiger partial charge is 0.482 e. The van der Waals surface area contributed by atoms with Gasteiger partial charge >= 0.3 is 5.97 Å². The second-order valence-corrected chi connectivity index (χ2v) is 8.16. The zero-order chi connectivity index (χ0) is 23.2. The lowest BCUT2D eigenvalue weighted by atomic mass is 10.0. The van der Waals surface area contributed by atoms with Crippen LogP contribution in [0, 0.1) is 6.92 Å². The van der Waals surface area contributed by atoms with Gasteiger partial charge in [0, 0.05) is 18.7 Å². The number of halogens is 1. The number of esters is 1. The number of oxazole rings is 1. The van der Waals surface area contributed by atoms with Crippen LogP contribution in [0.4, 0.5) is 4.39 Å². The van der Waals surface area contributed by atoms with Crippen molar-refractivity contribution in [2.75, 3.05) is 26.3 Å². The molecule has 0 amide bonds. The highest BCUT2D eigenvalue weighted by Crippen LogP contribution is 2.26. The highest BCUT2D eigenvalue weighted by Gasteiger charge is 2.19. The summed E-state index contributed by atoms with van der Waals surface area (Å²) in [5.74, 6) is 1.74. The quantitative estimate of drug-likeness (QED) is 0.463. The molecule has 0 N–H and O–H groups in total. The molecule has 0 saturated heterocycles. The monoisotopic (exact) mass is 452 g/mol. The molecule has 2 heterocycles. The lowest BCUT2D eigenvalue weighted by Crippen LogP contribution is -2.26. The molecule has 0 radical (unpaired) electrons. The predicted molar refractivity (Wildman–Crippen MR) is 123 cm³/mol. The Kier molecular flexibility index (Phi) is 7.40. The van der Waals surface area contributed by atoms with Crippen LogP contribution in [-0.2, 0) is 35.6 Å². The fourth-order valence-corrected chi connectivity index (χ4v) is 3.98. The van der Waals surface area contributed by atoms with Crippen molar-refractivity contribution in [2.24, 2.45) is 0 Å². The highest BCUT2D eigenvalue weighted by atomic mass is 19.1. The van der Waals surface area contributed by atoms with Gasteiger partial charge in [0.05, 0.1) is 18.8 Å². The van der Waals surface area contributed by atoms with Crippen molar-refractivity contribution in [1.82, 2.24) is 9.88 Å². The second-order valence-electron chi connectivity index (χ2n) is 8.16. The van der Waals surface area contributed by atoms with Crippen LogP contribution in [-0.4, -0.2) is 42.2 Å². The number of aryl methyl sites for hydroxylation is 1. The Labute approximate surface area is 193 Å². The van der Waals surface area contributed by atoms with Crippen LogP contribution in [0.2, 0.25) is 0 Å². The van der Waals surface area contributed by atoms with Crippen LogP contribution in [0.5, 0.6) is 5.75 Å². The van der Waals surface area contributed by atoms with E-state index in [0.717, 1.165) is 42.9 Å². The molecule has 1 aliphatic rings. The van der Waals surface area contributed by atoms with Crippen LogP contribution >= 0.6 is 0 Å². The van der Waals surface area contributed by atoms with Gasteiger partial charge in [0.1, 0.15) is 18.2 Å². The molecule has 0 fully saturated rings. The first-order chi connectivity index (χ1) is 16.1. The Morgan fingerprint density at radius 3 is 2.61 bits per heavy atom. The predicted octanol–water partition coefficient (Wildman–Crippen LogP) is 4.66. The third-order valence-corrected chi connectivity index (χ3v) is 5.85. The number of hydrogen-bond acceptors (Lipinski definition) is 6. The number of hydrogen-bond donors (Lipinski definition) is 0. The summed E-state index contributed by atoms with van der Waals surface area (Å²) in [7, 11) is 0. The second kappa shape index (κ2) is 10.6. The molecule has 1 aliphatic heterocycles. The number of rotatable bonds is 8. The smallest absolute Gasteiger partial charge is 0.344 e. The first-order valence-corrected chi connectivity index (χ1v) is 11.3. The first-order valence-electron chi connectivity index (χ1n) is 11.3. The number of benzene rings is 2. The van der Waals surface area contributed by atoms with Crippen molar-refractivity contribution in [3.05, 3.63) is 70.6 Å². The molecule has 0 bridgehead atoms. The Balaban J connectivity index is 1.38. The van der Waals surface area contributed by atoms with Gasteiger partial charge in [-0.3, -0.25) is 4.90 Å². The summed E-state index contributed by atoms with van der Waals surface area (Å²) in [6.07, 6.45) is 1.81. The fraction of sp³-hybridized carbons (Fsp3) is 0.385. The van der Waals surface area contributed by atoms with Gasteiger partial charge in [-0.1, -0.05) is 18.2 Å². The zero-order valence-corrected chi connectivity index (χ0v) is 19.1. The SMILES string of the molecule is CCOC(=O)COc1ccc2c(c1)CCN(Cc1oc(-c3ccc(CF)cc3)nc1C)CC2. The van der Waals surface area contributed by atoms with Crippen molar-refractivity contribution in [3.63, 3.8) is 0 Å². The van der Waals surface area contributed by atoms with Gasteiger partial charge in [-0.05, 0) is 67.6 Å². The maximum atomic E-state index is 12.8. The van der Waals surface area contributed by atoms with Gasteiger partial charge in [0.25, 0.3) is 0 Å². The van der Waals surface area contributed by atoms with Gasteiger partial charge in [-0.2, -0.15) is 0 Å². The van der Waals surface area contributed by atoms with Crippen molar-refractivity contribution >= 4 is 5.97 Å². The Hall–Kier alpha value is -3.19. The van der Waals surface area contributed by atoms with E-state index < -0.39 is 6.67 Å². The standard InChI is InChI=1S/C26H29FN2O4/c1-3-31-25(30)17-32-23-9-8-20-10-12-29(13-11-22(20)14-23)16-24-18(2)28-26(33-24)21-6-4-19(15-27)5-7-21/h4-9,14H,3,10-13,15-17H2,1-2H3. The maximum absolute atomic E-state index is 12.8. The van der Waals surface area contributed by atoms with Crippen molar-refractivity contribution < 1.29 is 23.1 Å². The van der Waals surface area contributed by atoms with E-state index in [1.165, 1.54) is 11.1 Å². The summed E-state index contributed by atoms with van der Waals surface area (Å²) >= 11 is 0. The number of carbonyl (C=O) groups excluding carboxylic acids is 1. The molecule has 7 heteroatoms. The molecule has 0 aliphatic carbocycles. The van der Waals surface area contributed by atoms with Crippen LogP contribution in [0.25, 0.3) is 11.5 Å². The summed E-state index contributed by atoms with van der Waals surface area (Å²) in [5, 5.41) is 0. The third-order valence-electron chi connectivity index (χ3n) is 5.85. The summed E-state index contributed by atoms with van der Waals surface area (Å²) in [4.78, 5) is 18.5. The summed E-state index contributed by atoms with van der Waals surface area (Å²) in [5.41, 5.74) is 4.89.